The van der Waals surface area contributed by atoms with Gasteiger partial charge in [0.25, 0.3) is 0 Å². The van der Waals surface area contributed by atoms with Gasteiger partial charge in [0.2, 0.25) is 0 Å². The van der Waals surface area contributed by atoms with Gasteiger partial charge in [-0.15, -0.1) is 0 Å². The first-order valence-electron chi connectivity index (χ1n) is 9.89. The van der Waals surface area contributed by atoms with Crippen LogP contribution in [0, 0.1) is 5.92 Å². The summed E-state index contributed by atoms with van der Waals surface area (Å²) in [5, 5.41) is 0. The van der Waals surface area contributed by atoms with Crippen LogP contribution in [0.2, 0.25) is 0 Å². The first-order chi connectivity index (χ1) is 13.6. The normalized spacial score (nSPS) is 37.9. The molecular weight excluding hydrogens is 376 g/mol. The smallest absolute Gasteiger partial charge is 0.341 e. The maximum Gasteiger partial charge on any atom is 0.341 e. The fraction of sp³-hybridized carbons (Fsp3) is 0.591. The van der Waals surface area contributed by atoms with Crippen molar-refractivity contribution in [1.82, 2.24) is 0 Å². The molecule has 29 heavy (non-hydrogen) atoms. The van der Waals surface area contributed by atoms with Crippen LogP contribution in [0.3, 0.4) is 0 Å². The molecular formula is C22H28O7. The Morgan fingerprint density at radius 3 is 2.69 bits per heavy atom. The van der Waals surface area contributed by atoms with Crippen LogP contribution in [0.15, 0.2) is 35.5 Å². The number of hydrogen-bond acceptors (Lipinski definition) is 7. The molecule has 0 bridgehead atoms. The molecule has 7 heteroatoms. The van der Waals surface area contributed by atoms with E-state index in [4.69, 9.17) is 18.9 Å². The number of fused-ring (bicyclic) bond motifs is 1. The zero-order valence-electron chi connectivity index (χ0n) is 17.4. The second kappa shape index (κ2) is 8.14. The average Bonchev–Trinajstić information content (AvgIpc) is 3.16. The van der Waals surface area contributed by atoms with Crippen molar-refractivity contribution >= 4 is 17.9 Å². The van der Waals surface area contributed by atoms with Gasteiger partial charge >= 0.3 is 17.9 Å². The number of epoxide rings is 1. The second-order valence-corrected chi connectivity index (χ2v) is 8.13. The Kier molecular flexibility index (Phi) is 5.98. The summed E-state index contributed by atoms with van der Waals surface area (Å²) < 4.78 is 21.9. The summed E-state index contributed by atoms with van der Waals surface area (Å²) >= 11 is 0. The molecule has 2 aliphatic heterocycles. The van der Waals surface area contributed by atoms with E-state index in [1.807, 2.05) is 19.1 Å². The second-order valence-electron chi connectivity index (χ2n) is 8.13. The van der Waals surface area contributed by atoms with E-state index in [9.17, 15) is 14.4 Å². The lowest BCUT2D eigenvalue weighted by Crippen LogP contribution is -2.38. The Morgan fingerprint density at radius 1 is 1.38 bits per heavy atom. The van der Waals surface area contributed by atoms with Gasteiger partial charge < -0.3 is 18.9 Å². The van der Waals surface area contributed by atoms with Gasteiger partial charge in [0, 0.05) is 18.9 Å². The van der Waals surface area contributed by atoms with Gasteiger partial charge in [-0.25, -0.2) is 9.59 Å². The maximum absolute atomic E-state index is 12.7. The third-order valence-corrected chi connectivity index (χ3v) is 5.81. The van der Waals surface area contributed by atoms with Crippen molar-refractivity contribution in [3.63, 3.8) is 0 Å². The van der Waals surface area contributed by atoms with Crippen LogP contribution < -0.4 is 0 Å². The number of ether oxygens (including phenoxy) is 4. The molecule has 3 rings (SSSR count). The molecule has 0 aromatic rings. The highest BCUT2D eigenvalue weighted by Crippen LogP contribution is 2.40. The van der Waals surface area contributed by atoms with E-state index in [0.29, 0.717) is 6.42 Å². The Balaban J connectivity index is 1.91. The van der Waals surface area contributed by atoms with Gasteiger partial charge in [-0.2, -0.15) is 0 Å². The lowest BCUT2D eigenvalue weighted by molar-refractivity contribution is -0.158. The Bertz CT molecular complexity index is 793. The summed E-state index contributed by atoms with van der Waals surface area (Å²) in [5.41, 5.74) is 1.18. The molecule has 0 spiro atoms. The number of carbonyl (C=O) groups is 3. The van der Waals surface area contributed by atoms with Gasteiger partial charge in [-0.1, -0.05) is 18.2 Å². The van der Waals surface area contributed by atoms with E-state index in [-0.39, 0.29) is 24.3 Å². The number of esters is 3. The lowest BCUT2D eigenvalue weighted by atomic mass is 9.85. The zero-order chi connectivity index (χ0) is 21.3. The van der Waals surface area contributed by atoms with Gasteiger partial charge in [-0.3, -0.25) is 4.79 Å². The minimum Gasteiger partial charge on any atom is -0.461 e. The van der Waals surface area contributed by atoms with Crippen molar-refractivity contribution in [2.75, 3.05) is 6.61 Å². The standard InChI is InChI=1S/C22H28O7/c1-12-7-6-8-16(11-26-15(4)23)10-18(28-21(25)22(5)14(3)29-22)19-13(2)20(24)27-17(19)9-12/h8-9,14,17-19H,2,6-7,10-11H2,1,3-5H3/b12-9-,16-8-/t14-,17+,18+,19-,22-/m0/s1. The minimum atomic E-state index is -0.985. The molecule has 0 N–H and O–H groups in total. The molecule has 2 saturated heterocycles. The number of rotatable bonds is 4. The van der Waals surface area contributed by atoms with Gasteiger partial charge in [0.1, 0.15) is 18.8 Å². The fourth-order valence-electron chi connectivity index (χ4n) is 3.75. The molecule has 0 saturated carbocycles. The quantitative estimate of drug-likeness (QED) is 0.234. The van der Waals surface area contributed by atoms with E-state index in [2.05, 4.69) is 6.58 Å². The van der Waals surface area contributed by atoms with E-state index in [1.165, 1.54) is 6.92 Å². The van der Waals surface area contributed by atoms with Crippen molar-refractivity contribution < 1.29 is 33.3 Å². The van der Waals surface area contributed by atoms with Crippen LogP contribution >= 0.6 is 0 Å². The topological polar surface area (TPSA) is 91.4 Å². The molecule has 158 valence electrons. The lowest BCUT2D eigenvalue weighted by Gasteiger charge is -2.28. The molecule has 3 aliphatic rings. The first kappa shape index (κ1) is 21.3. The molecule has 0 amide bonds. The Morgan fingerprint density at radius 2 is 2.07 bits per heavy atom. The van der Waals surface area contributed by atoms with Crippen molar-refractivity contribution in [3.8, 4) is 0 Å². The minimum absolute atomic E-state index is 0.106. The van der Waals surface area contributed by atoms with Crippen LogP contribution in [0.25, 0.3) is 0 Å². The van der Waals surface area contributed by atoms with Crippen molar-refractivity contribution in [2.24, 2.45) is 5.92 Å². The average molecular weight is 404 g/mol. The van der Waals surface area contributed by atoms with Crippen molar-refractivity contribution in [2.45, 2.75) is 70.9 Å². The maximum atomic E-state index is 12.7. The summed E-state index contributed by atoms with van der Waals surface area (Å²) in [6, 6.07) is 0. The Labute approximate surface area is 170 Å². The molecule has 2 fully saturated rings. The largest absolute Gasteiger partial charge is 0.461 e. The third kappa shape index (κ3) is 4.61. The molecule has 0 aromatic carbocycles. The summed E-state index contributed by atoms with van der Waals surface area (Å²) in [5.74, 6) is -1.87. The van der Waals surface area contributed by atoms with Crippen LogP contribution in [0.4, 0.5) is 0 Å². The number of allylic oxidation sites excluding steroid dienone is 2. The van der Waals surface area contributed by atoms with Crippen LogP contribution in [0.1, 0.15) is 47.0 Å². The molecule has 0 unspecified atom stereocenters. The molecule has 0 aromatic heterocycles. The predicted octanol–water partition coefficient (Wildman–Crippen LogP) is 2.79. The summed E-state index contributed by atoms with van der Waals surface area (Å²) in [4.78, 5) is 36.3. The zero-order valence-corrected chi connectivity index (χ0v) is 17.4. The SMILES string of the molecule is C=C1C(=O)O[C@@H]2/C=C(/C)CC/C=C(\COC(C)=O)C[C@@H](OC(=O)[C@@]3(C)O[C@H]3C)[C@@H]12. The van der Waals surface area contributed by atoms with E-state index in [1.54, 1.807) is 13.8 Å². The molecule has 1 aliphatic carbocycles. The van der Waals surface area contributed by atoms with E-state index < -0.39 is 35.7 Å². The van der Waals surface area contributed by atoms with Crippen LogP contribution in [-0.4, -0.2) is 48.4 Å². The highest BCUT2D eigenvalue weighted by Gasteiger charge is 2.58. The molecule has 0 radical (unpaired) electrons. The van der Waals surface area contributed by atoms with Crippen LogP contribution in [0.5, 0.6) is 0 Å². The molecule has 5 atom stereocenters. The summed E-state index contributed by atoms with van der Waals surface area (Å²) in [7, 11) is 0. The summed E-state index contributed by atoms with van der Waals surface area (Å²) in [6.45, 7) is 10.8. The van der Waals surface area contributed by atoms with Gasteiger partial charge in [0.15, 0.2) is 5.60 Å². The Hall–Kier alpha value is -2.41. The number of hydrogen-bond donors (Lipinski definition) is 0. The third-order valence-electron chi connectivity index (χ3n) is 5.81. The highest BCUT2D eigenvalue weighted by atomic mass is 16.7. The highest BCUT2D eigenvalue weighted by molar-refractivity contribution is 5.91. The van der Waals surface area contributed by atoms with Gasteiger partial charge in [0.05, 0.1) is 12.0 Å². The van der Waals surface area contributed by atoms with Crippen molar-refractivity contribution in [1.29, 1.82) is 0 Å². The first-order valence-corrected chi connectivity index (χ1v) is 9.89. The monoisotopic (exact) mass is 404 g/mol. The van der Waals surface area contributed by atoms with E-state index >= 15 is 0 Å². The van der Waals surface area contributed by atoms with Gasteiger partial charge in [-0.05, 0) is 45.3 Å². The predicted molar refractivity (Wildman–Crippen MR) is 104 cm³/mol. The molecule has 7 nitrogen and oxygen atoms in total. The fourth-order valence-corrected chi connectivity index (χ4v) is 3.75. The van der Waals surface area contributed by atoms with Crippen molar-refractivity contribution in [3.05, 3.63) is 35.5 Å². The van der Waals surface area contributed by atoms with Crippen LogP contribution in [-0.2, 0) is 33.3 Å². The number of carbonyl (C=O) groups excluding carboxylic acids is 3. The van der Waals surface area contributed by atoms with E-state index in [0.717, 1.165) is 24.0 Å². The summed E-state index contributed by atoms with van der Waals surface area (Å²) in [6.07, 6.45) is 4.27. The molecule has 2 heterocycles.